The van der Waals surface area contributed by atoms with E-state index in [2.05, 4.69) is 36.1 Å². The second kappa shape index (κ2) is 16.1. The molecule has 0 spiro atoms. The number of hydrogen-bond donors (Lipinski definition) is 2. The van der Waals surface area contributed by atoms with Gasteiger partial charge in [-0.25, -0.2) is 0 Å². The van der Waals surface area contributed by atoms with Gasteiger partial charge in [0, 0.05) is 41.3 Å². The lowest BCUT2D eigenvalue weighted by Gasteiger charge is -2.26. The average Bonchev–Trinajstić information content (AvgIpc) is 3.73. The molecule has 2 aliphatic heterocycles. The van der Waals surface area contributed by atoms with Crippen molar-refractivity contribution in [1.82, 2.24) is 10.2 Å². The fourth-order valence-electron chi connectivity index (χ4n) is 7.79. The molecule has 2 aliphatic carbocycles. The molecule has 2 heterocycles. The van der Waals surface area contributed by atoms with Crippen molar-refractivity contribution >= 4 is 35.6 Å². The number of para-hydroxylation sites is 1. The topological polar surface area (TPSA) is 128 Å². The number of amides is 2. The van der Waals surface area contributed by atoms with Crippen molar-refractivity contribution in [2.75, 3.05) is 38.4 Å². The molecular formula is C44H47N5O6. The lowest BCUT2D eigenvalue weighted by atomic mass is 10.0. The van der Waals surface area contributed by atoms with Crippen molar-refractivity contribution in [2.45, 2.75) is 57.9 Å². The van der Waals surface area contributed by atoms with E-state index in [0.29, 0.717) is 52.1 Å². The lowest BCUT2D eigenvalue weighted by Crippen LogP contribution is -2.38. The van der Waals surface area contributed by atoms with Crippen LogP contribution in [0.1, 0.15) is 53.2 Å². The second-order valence-electron chi connectivity index (χ2n) is 14.0. The average molecular weight is 742 g/mol. The van der Waals surface area contributed by atoms with Gasteiger partial charge in [-0.2, -0.15) is 0 Å². The predicted molar refractivity (Wildman–Crippen MR) is 214 cm³/mol. The van der Waals surface area contributed by atoms with Crippen LogP contribution < -0.4 is 25.4 Å². The van der Waals surface area contributed by atoms with Crippen molar-refractivity contribution in [1.29, 1.82) is 0 Å². The van der Waals surface area contributed by atoms with Crippen LogP contribution in [0.2, 0.25) is 0 Å². The van der Waals surface area contributed by atoms with E-state index in [0.717, 1.165) is 53.8 Å². The van der Waals surface area contributed by atoms with E-state index in [9.17, 15) is 9.59 Å². The minimum Gasteiger partial charge on any atom is -0.493 e. The smallest absolute Gasteiger partial charge is 0.260 e. The zero-order valence-corrected chi connectivity index (χ0v) is 31.8. The summed E-state index contributed by atoms with van der Waals surface area (Å²) in [5.41, 5.74) is 14.2. The molecule has 3 aromatic rings. The number of nitrogens with one attached hydrogen (secondary N) is 1. The Morgan fingerprint density at radius 3 is 2.47 bits per heavy atom. The first kappa shape index (κ1) is 37.3. The van der Waals surface area contributed by atoms with Gasteiger partial charge < -0.3 is 39.8 Å². The summed E-state index contributed by atoms with van der Waals surface area (Å²) in [7, 11) is 4.92. The van der Waals surface area contributed by atoms with Gasteiger partial charge in [-0.15, -0.1) is 0 Å². The molecule has 0 saturated heterocycles. The number of nitrogens with two attached hydrogens (primary N) is 1. The SMILES string of the molecule is C=Nc1cc(OCc2cc(N)cc(COC3=C(OC)C=C(C(=O)N4CCc5ccccc54)C(NC)C=C3)c2)c(OC)cc1C(=O)N1C2=C(CCC=C2)CC1C. The third-order valence-electron chi connectivity index (χ3n) is 10.5. The summed E-state index contributed by atoms with van der Waals surface area (Å²) in [6.07, 6.45) is 13.3. The first-order chi connectivity index (χ1) is 26.7. The number of hydrogen-bond acceptors (Lipinski definition) is 9. The van der Waals surface area contributed by atoms with E-state index in [1.807, 2.05) is 71.5 Å². The summed E-state index contributed by atoms with van der Waals surface area (Å²) in [6.45, 7) is 6.77. The van der Waals surface area contributed by atoms with E-state index in [-0.39, 0.29) is 37.1 Å². The Kier molecular flexibility index (Phi) is 10.9. The van der Waals surface area contributed by atoms with Gasteiger partial charge in [0.1, 0.15) is 13.2 Å². The van der Waals surface area contributed by atoms with Crippen LogP contribution in [-0.2, 0) is 33.9 Å². The molecular weight excluding hydrogens is 695 g/mol. The molecule has 0 radical (unpaired) electrons. The third kappa shape index (κ3) is 7.52. The highest BCUT2D eigenvalue weighted by Crippen LogP contribution is 2.41. The molecule has 284 valence electrons. The summed E-state index contributed by atoms with van der Waals surface area (Å²) >= 11 is 0. The van der Waals surface area contributed by atoms with Crippen LogP contribution in [0.25, 0.3) is 0 Å². The predicted octanol–water partition coefficient (Wildman–Crippen LogP) is 7.08. The highest BCUT2D eigenvalue weighted by Gasteiger charge is 2.35. The molecule has 0 bridgehead atoms. The van der Waals surface area contributed by atoms with Crippen molar-refractivity contribution in [3.8, 4) is 11.5 Å². The molecule has 11 heteroatoms. The number of allylic oxidation sites excluding steroid dienone is 4. The quantitative estimate of drug-likeness (QED) is 0.149. The number of nitrogens with zero attached hydrogens (tertiary/aromatic N) is 3. The number of fused-ring (bicyclic) bond motifs is 1. The minimum absolute atomic E-state index is 0.0412. The summed E-state index contributed by atoms with van der Waals surface area (Å²) < 4.78 is 24.0. The molecule has 4 aliphatic rings. The molecule has 0 saturated carbocycles. The Bertz CT molecular complexity index is 2180. The van der Waals surface area contributed by atoms with Gasteiger partial charge in [-0.05, 0) is 117 Å². The largest absolute Gasteiger partial charge is 0.493 e. The van der Waals surface area contributed by atoms with E-state index in [1.54, 1.807) is 32.4 Å². The molecule has 55 heavy (non-hydrogen) atoms. The highest BCUT2D eigenvalue weighted by molar-refractivity contribution is 6.08. The third-order valence-corrected chi connectivity index (χ3v) is 10.5. The maximum absolute atomic E-state index is 13.9. The zero-order chi connectivity index (χ0) is 38.6. The number of anilines is 2. The maximum Gasteiger partial charge on any atom is 0.260 e. The Morgan fingerprint density at radius 2 is 1.73 bits per heavy atom. The summed E-state index contributed by atoms with van der Waals surface area (Å²) in [6, 6.07) is 16.7. The molecule has 3 aromatic carbocycles. The Hall–Kier alpha value is -6.07. The maximum atomic E-state index is 13.9. The van der Waals surface area contributed by atoms with Gasteiger partial charge in [0.05, 0.1) is 31.5 Å². The van der Waals surface area contributed by atoms with Gasteiger partial charge in [-0.1, -0.05) is 30.4 Å². The van der Waals surface area contributed by atoms with Crippen LogP contribution in [0.5, 0.6) is 11.5 Å². The molecule has 2 atom stereocenters. The Labute approximate surface area is 322 Å². The van der Waals surface area contributed by atoms with E-state index >= 15 is 0 Å². The fourth-order valence-corrected chi connectivity index (χ4v) is 7.79. The van der Waals surface area contributed by atoms with Crippen LogP contribution >= 0.6 is 0 Å². The van der Waals surface area contributed by atoms with Gasteiger partial charge >= 0.3 is 0 Å². The number of ether oxygens (including phenoxy) is 4. The number of benzene rings is 3. The number of likely N-dealkylation sites (N-methyl/N-ethyl adjacent to an activating group) is 1. The van der Waals surface area contributed by atoms with Gasteiger partial charge in [0.2, 0.25) is 0 Å². The highest BCUT2D eigenvalue weighted by atomic mass is 16.5. The summed E-state index contributed by atoms with van der Waals surface area (Å²) in [5, 5.41) is 3.24. The number of carbonyl (C=O) groups is 2. The first-order valence-electron chi connectivity index (χ1n) is 18.5. The molecule has 7 rings (SSSR count). The molecule has 0 aromatic heterocycles. The molecule has 2 amide bonds. The van der Waals surface area contributed by atoms with E-state index in [4.69, 9.17) is 24.7 Å². The summed E-state index contributed by atoms with van der Waals surface area (Å²) in [4.78, 5) is 35.7. The number of methoxy groups -OCH3 is 2. The van der Waals surface area contributed by atoms with Crippen LogP contribution in [0.3, 0.4) is 0 Å². The van der Waals surface area contributed by atoms with Crippen molar-refractivity contribution in [3.05, 3.63) is 136 Å². The summed E-state index contributed by atoms with van der Waals surface area (Å²) in [5.74, 6) is 1.50. The van der Waals surface area contributed by atoms with Crippen LogP contribution in [0.4, 0.5) is 17.1 Å². The van der Waals surface area contributed by atoms with Crippen molar-refractivity contribution in [2.24, 2.45) is 4.99 Å². The molecule has 0 fully saturated rings. The Morgan fingerprint density at radius 1 is 0.945 bits per heavy atom. The lowest BCUT2D eigenvalue weighted by molar-refractivity contribution is -0.115. The molecule has 2 unspecified atom stereocenters. The van der Waals surface area contributed by atoms with Gasteiger partial charge in [0.15, 0.2) is 23.0 Å². The van der Waals surface area contributed by atoms with Crippen LogP contribution in [0, 0.1) is 0 Å². The number of nitrogen functional groups attached to an aromatic ring is 1. The Balaban J connectivity index is 1.07. The normalized spacial score (nSPS) is 18.8. The van der Waals surface area contributed by atoms with E-state index < -0.39 is 0 Å². The van der Waals surface area contributed by atoms with E-state index in [1.165, 1.54) is 5.57 Å². The molecule has 3 N–H and O–H groups in total. The molecule has 11 nitrogen and oxygen atoms in total. The number of carbonyl (C=O) groups excluding carboxylic acids is 2. The van der Waals surface area contributed by atoms with Gasteiger partial charge in [-0.3, -0.25) is 14.6 Å². The van der Waals surface area contributed by atoms with Crippen LogP contribution in [-0.4, -0.2) is 63.3 Å². The standard InChI is InChI=1S/C44H47N5O6/c1-27-18-31-11-7-9-13-38(31)49(27)44(51)34-23-41(53-5)42(24-36(34)47-3)55-26-29-19-28(20-32(45)21-29)25-54-39-15-14-35(46-2)33(22-40(39)52-4)43(50)48-17-16-30-10-6-8-12-37(30)48/h6,8-10,12-15,19-24,27,35,46H,3,7,11,16-18,25-26,45H2,1-2,4-5H3. The number of rotatable bonds is 12. The van der Waals surface area contributed by atoms with Crippen molar-refractivity contribution in [3.63, 3.8) is 0 Å². The first-order valence-corrected chi connectivity index (χ1v) is 18.5. The zero-order valence-electron chi connectivity index (χ0n) is 31.8. The fraction of sp³-hybridized carbons (Fsp3) is 0.295. The number of aliphatic imine (C=N–C) groups is 1. The van der Waals surface area contributed by atoms with Crippen LogP contribution in [0.15, 0.2) is 118 Å². The van der Waals surface area contributed by atoms with Gasteiger partial charge in [0.25, 0.3) is 11.8 Å². The van der Waals surface area contributed by atoms with Crippen molar-refractivity contribution < 1.29 is 28.5 Å². The minimum atomic E-state index is -0.355. The monoisotopic (exact) mass is 741 g/mol. The second-order valence-corrected chi connectivity index (χ2v) is 14.0.